The van der Waals surface area contributed by atoms with Crippen LogP contribution in [0.15, 0.2) is 29.1 Å². The fourth-order valence-corrected chi connectivity index (χ4v) is 3.47. The van der Waals surface area contributed by atoms with Gasteiger partial charge in [0.15, 0.2) is 16.2 Å². The molecule has 0 bridgehead atoms. The van der Waals surface area contributed by atoms with E-state index in [1.165, 1.54) is 15.4 Å². The molecule has 3 aromatic rings. The van der Waals surface area contributed by atoms with Crippen LogP contribution in [-0.4, -0.2) is 49.2 Å². The minimum absolute atomic E-state index is 0.0746. The van der Waals surface area contributed by atoms with Crippen molar-refractivity contribution in [2.75, 3.05) is 13.2 Å². The van der Waals surface area contributed by atoms with Gasteiger partial charge in [-0.15, -0.1) is 5.10 Å². The van der Waals surface area contributed by atoms with Crippen molar-refractivity contribution in [2.45, 2.75) is 31.5 Å². The van der Waals surface area contributed by atoms with Crippen molar-refractivity contribution in [1.29, 1.82) is 0 Å². The van der Waals surface area contributed by atoms with Crippen LogP contribution in [0.1, 0.15) is 24.4 Å². The molecule has 27 heavy (non-hydrogen) atoms. The number of rotatable bonds is 4. The lowest BCUT2D eigenvalue weighted by molar-refractivity contribution is -0.0375. The maximum atomic E-state index is 13.9. The number of halogens is 2. The molecular weight excluding hydrogens is 377 g/mol. The lowest BCUT2D eigenvalue weighted by Gasteiger charge is -2.28. The van der Waals surface area contributed by atoms with Gasteiger partial charge in [-0.25, -0.2) is 13.8 Å². The first-order valence-corrected chi connectivity index (χ1v) is 8.93. The molecule has 1 N–H and O–H groups in total. The van der Waals surface area contributed by atoms with Crippen molar-refractivity contribution < 1.29 is 14.2 Å². The molecule has 0 aliphatic carbocycles. The molecule has 1 fully saturated rings. The monoisotopic (exact) mass is 393 g/mol. The highest BCUT2D eigenvalue weighted by Gasteiger charge is 2.27. The van der Waals surface area contributed by atoms with E-state index in [0.29, 0.717) is 25.0 Å². The third kappa shape index (κ3) is 3.33. The van der Waals surface area contributed by atoms with Crippen LogP contribution in [0.4, 0.5) is 4.39 Å². The van der Waals surface area contributed by atoms with Gasteiger partial charge in [0.05, 0.1) is 25.3 Å². The van der Waals surface area contributed by atoms with E-state index in [4.69, 9.17) is 16.3 Å². The zero-order chi connectivity index (χ0) is 19.0. The number of hydrogen-bond acceptors (Lipinski definition) is 6. The van der Waals surface area contributed by atoms with Crippen LogP contribution in [0.3, 0.4) is 0 Å². The van der Waals surface area contributed by atoms with Gasteiger partial charge in [-0.1, -0.05) is 35.0 Å². The minimum Gasteiger partial charge on any atom is -0.394 e. The Kier molecular flexibility index (Phi) is 4.90. The molecule has 1 aromatic carbocycles. The average Bonchev–Trinajstić information content (AvgIpc) is 3.01. The Morgan fingerprint density at radius 2 is 2.15 bits per heavy atom. The molecule has 0 saturated carbocycles. The summed E-state index contributed by atoms with van der Waals surface area (Å²) in [7, 11) is 0. The average molecular weight is 394 g/mol. The van der Waals surface area contributed by atoms with E-state index in [2.05, 4.69) is 15.4 Å². The number of benzene rings is 1. The predicted molar refractivity (Wildman–Crippen MR) is 95.2 cm³/mol. The Bertz CT molecular complexity index is 1040. The molecule has 2 aromatic heterocycles. The summed E-state index contributed by atoms with van der Waals surface area (Å²) in [6.07, 6.45) is 0.705. The van der Waals surface area contributed by atoms with Gasteiger partial charge in [0.25, 0.3) is 5.56 Å². The van der Waals surface area contributed by atoms with Crippen LogP contribution in [0.5, 0.6) is 0 Å². The van der Waals surface area contributed by atoms with Crippen molar-refractivity contribution in [3.63, 3.8) is 0 Å². The summed E-state index contributed by atoms with van der Waals surface area (Å²) in [4.78, 5) is 12.9. The summed E-state index contributed by atoms with van der Waals surface area (Å²) in [5.41, 5.74) is 0.242. The Balaban J connectivity index is 1.71. The van der Waals surface area contributed by atoms with Gasteiger partial charge >= 0.3 is 0 Å². The van der Waals surface area contributed by atoms with Gasteiger partial charge in [-0.2, -0.15) is 5.10 Å². The van der Waals surface area contributed by atoms with Crippen LogP contribution in [0.2, 0.25) is 5.15 Å². The molecule has 0 unspecified atom stereocenters. The van der Waals surface area contributed by atoms with Gasteiger partial charge in [0, 0.05) is 12.2 Å². The smallest absolute Gasteiger partial charge is 0.298 e. The second kappa shape index (κ2) is 7.34. The largest absolute Gasteiger partial charge is 0.394 e. The second-order valence-corrected chi connectivity index (χ2v) is 6.79. The van der Waals surface area contributed by atoms with Crippen molar-refractivity contribution in [3.05, 3.63) is 51.2 Å². The second-order valence-electron chi connectivity index (χ2n) is 6.43. The third-order valence-corrected chi connectivity index (χ3v) is 5.06. The summed E-state index contributed by atoms with van der Waals surface area (Å²) in [6, 6.07) is 6.04. The van der Waals surface area contributed by atoms with E-state index in [0.717, 1.165) is 0 Å². The number of aliphatic hydroxyl groups is 1. The Morgan fingerprint density at radius 1 is 1.33 bits per heavy atom. The molecule has 10 heteroatoms. The van der Waals surface area contributed by atoms with Crippen LogP contribution in [-0.2, 0) is 11.3 Å². The number of hydrogen-bond donors (Lipinski definition) is 1. The number of fused-ring (bicyclic) bond motifs is 1. The normalized spacial score (nSPS) is 20.3. The lowest BCUT2D eigenvalue weighted by atomic mass is 10.0. The van der Waals surface area contributed by atoms with E-state index in [-0.39, 0.29) is 47.3 Å². The number of ether oxygens (including phenoxy) is 1. The SMILES string of the molecule is O=c1c2nn(Cc3ccccc3F)c(Cl)c2nnn1[C@H]1CCO[C@@H](CO)C1. The number of aliphatic hydroxyl groups excluding tert-OH is 1. The lowest BCUT2D eigenvalue weighted by Crippen LogP contribution is -2.36. The molecule has 4 rings (SSSR count). The van der Waals surface area contributed by atoms with E-state index in [1.807, 2.05) is 0 Å². The molecule has 2 atom stereocenters. The van der Waals surface area contributed by atoms with E-state index >= 15 is 0 Å². The van der Waals surface area contributed by atoms with Crippen LogP contribution in [0.25, 0.3) is 11.0 Å². The Morgan fingerprint density at radius 3 is 2.93 bits per heavy atom. The molecule has 1 saturated heterocycles. The number of aromatic nitrogens is 5. The molecule has 3 heterocycles. The first kappa shape index (κ1) is 18.0. The zero-order valence-corrected chi connectivity index (χ0v) is 15.0. The third-order valence-electron chi connectivity index (χ3n) is 4.69. The first-order chi connectivity index (χ1) is 13.1. The van der Waals surface area contributed by atoms with Gasteiger partial charge in [0.1, 0.15) is 5.82 Å². The number of nitrogens with zero attached hydrogens (tertiary/aromatic N) is 5. The molecule has 0 amide bonds. The Hall–Kier alpha value is -2.36. The summed E-state index contributed by atoms with van der Waals surface area (Å²) < 4.78 is 21.9. The van der Waals surface area contributed by atoms with Crippen molar-refractivity contribution in [1.82, 2.24) is 24.8 Å². The van der Waals surface area contributed by atoms with Crippen molar-refractivity contribution in [3.8, 4) is 0 Å². The first-order valence-electron chi connectivity index (χ1n) is 8.56. The molecule has 0 spiro atoms. The molecule has 1 aliphatic heterocycles. The van der Waals surface area contributed by atoms with Gasteiger partial charge in [-0.05, 0) is 18.9 Å². The quantitative estimate of drug-likeness (QED) is 0.722. The summed E-state index contributed by atoms with van der Waals surface area (Å²) in [5.74, 6) is -0.381. The molecule has 1 aliphatic rings. The van der Waals surface area contributed by atoms with Crippen LogP contribution in [0, 0.1) is 5.82 Å². The van der Waals surface area contributed by atoms with Crippen molar-refractivity contribution >= 4 is 22.6 Å². The highest BCUT2D eigenvalue weighted by Crippen LogP contribution is 2.24. The van der Waals surface area contributed by atoms with Crippen molar-refractivity contribution in [2.24, 2.45) is 0 Å². The summed E-state index contributed by atoms with van der Waals surface area (Å²) in [5, 5.41) is 21.7. The zero-order valence-electron chi connectivity index (χ0n) is 14.3. The van der Waals surface area contributed by atoms with Gasteiger partial charge in [0.2, 0.25) is 0 Å². The van der Waals surface area contributed by atoms with Gasteiger partial charge in [-0.3, -0.25) is 4.79 Å². The topological polar surface area (TPSA) is 95.1 Å². The predicted octanol–water partition coefficient (Wildman–Crippen LogP) is 1.54. The minimum atomic E-state index is -0.419. The van der Waals surface area contributed by atoms with E-state index < -0.39 is 5.56 Å². The van der Waals surface area contributed by atoms with Gasteiger partial charge < -0.3 is 9.84 Å². The van der Waals surface area contributed by atoms with E-state index in [9.17, 15) is 14.3 Å². The highest BCUT2D eigenvalue weighted by atomic mass is 35.5. The standard InChI is InChI=1S/C17H17ClFN5O3/c18-16-14-15(21-23(16)8-10-3-1-2-4-13(10)19)17(26)24(22-20-14)11-5-6-27-12(7-11)9-25/h1-4,11-12,25H,5-9H2/t11-,12+/m0/s1. The van der Waals surface area contributed by atoms with E-state index in [1.54, 1.807) is 18.2 Å². The maximum absolute atomic E-state index is 13.9. The van der Waals surface area contributed by atoms with Crippen LogP contribution < -0.4 is 5.56 Å². The fraction of sp³-hybridized carbons (Fsp3) is 0.412. The van der Waals surface area contributed by atoms with Crippen LogP contribution >= 0.6 is 11.6 Å². The summed E-state index contributed by atoms with van der Waals surface area (Å²) >= 11 is 6.29. The molecule has 142 valence electrons. The fourth-order valence-electron chi connectivity index (χ4n) is 3.25. The molecular formula is C17H17ClFN5O3. The molecule has 0 radical (unpaired) electrons. The Labute approximate surface area is 158 Å². The highest BCUT2D eigenvalue weighted by molar-refractivity contribution is 6.33. The summed E-state index contributed by atoms with van der Waals surface area (Å²) in [6.45, 7) is 0.375. The molecule has 8 nitrogen and oxygen atoms in total. The maximum Gasteiger partial charge on any atom is 0.298 e.